The Hall–Kier alpha value is -2.53. The lowest BCUT2D eigenvalue weighted by molar-refractivity contribution is -0.148. The Morgan fingerprint density at radius 3 is 2.37 bits per heavy atom. The minimum Gasteiger partial charge on any atom is -0.455 e. The molecule has 27 heavy (non-hydrogen) atoms. The van der Waals surface area contributed by atoms with Gasteiger partial charge in [-0.25, -0.2) is 17.6 Å². The predicted octanol–water partition coefficient (Wildman–Crippen LogP) is 0.614. The van der Waals surface area contributed by atoms with Crippen LogP contribution >= 0.6 is 0 Å². The molecule has 2 N–H and O–H groups in total. The first-order valence-corrected chi connectivity index (χ1v) is 9.48. The van der Waals surface area contributed by atoms with Crippen LogP contribution in [0.1, 0.15) is 20.3 Å². The zero-order chi connectivity index (χ0) is 20.6. The van der Waals surface area contributed by atoms with E-state index in [0.29, 0.717) is 10.7 Å². The molecule has 1 aromatic rings. The van der Waals surface area contributed by atoms with Crippen molar-refractivity contribution in [2.24, 2.45) is 0 Å². The Bertz CT molecular complexity index is 782. The van der Waals surface area contributed by atoms with Gasteiger partial charge >= 0.3 is 12.0 Å². The second-order valence-electron chi connectivity index (χ2n) is 5.71. The van der Waals surface area contributed by atoms with Gasteiger partial charge in [0.25, 0.3) is 5.91 Å². The monoisotopic (exact) mass is 403 g/mol. The molecule has 150 valence electrons. The number of rotatable bonds is 8. The van der Waals surface area contributed by atoms with Crippen molar-refractivity contribution in [2.75, 3.05) is 20.2 Å². The van der Waals surface area contributed by atoms with Crippen LogP contribution in [0.15, 0.2) is 29.2 Å². The number of sulfonamides is 1. The van der Waals surface area contributed by atoms with Gasteiger partial charge in [0.2, 0.25) is 10.0 Å². The second-order valence-corrected chi connectivity index (χ2v) is 7.75. The smallest absolute Gasteiger partial charge is 0.321 e. The van der Waals surface area contributed by atoms with Crippen molar-refractivity contribution in [3.63, 3.8) is 0 Å². The molecule has 0 aliphatic rings. The quantitative estimate of drug-likeness (QED) is 0.614. The van der Waals surface area contributed by atoms with E-state index in [1.807, 2.05) is 12.2 Å². The van der Waals surface area contributed by atoms with Crippen LogP contribution in [0.4, 0.5) is 9.18 Å². The van der Waals surface area contributed by atoms with Crippen LogP contribution in [-0.2, 0) is 24.3 Å². The number of esters is 1. The van der Waals surface area contributed by atoms with E-state index in [1.54, 1.807) is 6.92 Å². The number of halogens is 1. The van der Waals surface area contributed by atoms with Gasteiger partial charge in [-0.3, -0.25) is 14.9 Å². The largest absolute Gasteiger partial charge is 0.455 e. The summed E-state index contributed by atoms with van der Waals surface area (Å²) < 4.78 is 42.8. The molecule has 0 fully saturated rings. The van der Waals surface area contributed by atoms with Gasteiger partial charge in [-0.1, -0.05) is 6.92 Å². The second kappa shape index (κ2) is 9.97. The zero-order valence-corrected chi connectivity index (χ0v) is 16.0. The first-order valence-electron chi connectivity index (χ1n) is 8.04. The molecular formula is C16H22FN3O6S. The minimum absolute atomic E-state index is 0.134. The number of carbonyl (C=O) groups excluding carboxylic acids is 3. The molecule has 0 radical (unpaired) electrons. The summed E-state index contributed by atoms with van der Waals surface area (Å²) in [7, 11) is -2.89. The number of nitrogens with one attached hydrogen (secondary N) is 2. The number of benzene rings is 1. The third kappa shape index (κ3) is 7.31. The Balaban J connectivity index is 2.50. The molecule has 3 amide bonds. The fourth-order valence-corrected chi connectivity index (χ4v) is 2.88. The van der Waals surface area contributed by atoms with Crippen molar-refractivity contribution in [2.45, 2.75) is 31.2 Å². The number of amides is 3. The van der Waals surface area contributed by atoms with Gasteiger partial charge in [-0.2, -0.15) is 4.31 Å². The SMILES string of the molecule is CC[C@@H](C)NC(=O)NC(=O)COC(=O)CN(C)S(=O)(=O)c1ccc(F)cc1. The lowest BCUT2D eigenvalue weighted by Crippen LogP contribution is -2.45. The molecule has 1 aromatic carbocycles. The summed E-state index contributed by atoms with van der Waals surface area (Å²) in [5, 5.41) is 4.48. The number of urea groups is 1. The van der Waals surface area contributed by atoms with Crippen LogP contribution < -0.4 is 10.6 Å². The molecule has 0 saturated carbocycles. The highest BCUT2D eigenvalue weighted by atomic mass is 32.2. The summed E-state index contributed by atoms with van der Waals surface area (Å²) in [6.07, 6.45) is 0.672. The van der Waals surface area contributed by atoms with E-state index in [4.69, 9.17) is 0 Å². The van der Waals surface area contributed by atoms with E-state index in [2.05, 4.69) is 10.1 Å². The number of nitrogens with zero attached hydrogens (tertiary/aromatic N) is 1. The van der Waals surface area contributed by atoms with Gasteiger partial charge in [0.15, 0.2) is 6.61 Å². The highest BCUT2D eigenvalue weighted by Gasteiger charge is 2.24. The number of hydrogen-bond donors (Lipinski definition) is 2. The fraction of sp³-hybridized carbons (Fsp3) is 0.438. The van der Waals surface area contributed by atoms with Crippen LogP contribution in [0.5, 0.6) is 0 Å². The molecule has 11 heteroatoms. The standard InChI is InChI=1S/C16H22FN3O6S/c1-4-11(2)18-16(23)19-14(21)10-26-15(22)9-20(3)27(24,25)13-7-5-12(17)6-8-13/h5-8,11H,4,9-10H2,1-3H3,(H2,18,19,21,23)/t11-/m1/s1. The first kappa shape index (κ1) is 22.5. The van der Waals surface area contributed by atoms with Crippen molar-refractivity contribution in [1.82, 2.24) is 14.9 Å². The molecule has 0 unspecified atom stereocenters. The molecule has 0 aliphatic heterocycles. The Morgan fingerprint density at radius 1 is 1.22 bits per heavy atom. The van der Waals surface area contributed by atoms with Crippen molar-refractivity contribution in [1.29, 1.82) is 0 Å². The maximum absolute atomic E-state index is 12.9. The molecule has 1 rings (SSSR count). The summed E-state index contributed by atoms with van der Waals surface area (Å²) >= 11 is 0. The maximum Gasteiger partial charge on any atom is 0.321 e. The van der Waals surface area contributed by atoms with Crippen LogP contribution in [0, 0.1) is 5.82 Å². The highest BCUT2D eigenvalue weighted by molar-refractivity contribution is 7.89. The minimum atomic E-state index is -4.02. The summed E-state index contributed by atoms with van der Waals surface area (Å²) in [5.41, 5.74) is 0. The number of imide groups is 1. The average molecular weight is 403 g/mol. The Morgan fingerprint density at radius 2 is 1.81 bits per heavy atom. The number of hydrogen-bond acceptors (Lipinski definition) is 6. The fourth-order valence-electron chi connectivity index (χ4n) is 1.77. The van der Waals surface area contributed by atoms with Gasteiger partial charge in [0.05, 0.1) is 4.90 Å². The molecular weight excluding hydrogens is 381 g/mol. The van der Waals surface area contributed by atoms with Gasteiger partial charge in [-0.15, -0.1) is 0 Å². The molecule has 0 saturated heterocycles. The molecule has 0 spiro atoms. The molecule has 0 aromatic heterocycles. The predicted molar refractivity (Wildman–Crippen MR) is 93.6 cm³/mol. The normalized spacial score (nSPS) is 12.3. The number of likely N-dealkylation sites (N-methyl/N-ethyl adjacent to an activating group) is 1. The molecule has 9 nitrogen and oxygen atoms in total. The van der Waals surface area contributed by atoms with Crippen molar-refractivity contribution in [3.8, 4) is 0 Å². The average Bonchev–Trinajstić information content (AvgIpc) is 2.60. The zero-order valence-electron chi connectivity index (χ0n) is 15.2. The first-order chi connectivity index (χ1) is 12.6. The van der Waals surface area contributed by atoms with Crippen molar-refractivity contribution >= 4 is 27.9 Å². The van der Waals surface area contributed by atoms with Crippen molar-refractivity contribution < 1.29 is 31.9 Å². The lowest BCUT2D eigenvalue weighted by Gasteiger charge is -2.16. The van der Waals surface area contributed by atoms with Gasteiger partial charge in [0, 0.05) is 13.1 Å². The van der Waals surface area contributed by atoms with E-state index in [-0.39, 0.29) is 10.9 Å². The van der Waals surface area contributed by atoms with E-state index >= 15 is 0 Å². The summed E-state index contributed by atoms with van der Waals surface area (Å²) in [4.78, 5) is 34.5. The summed E-state index contributed by atoms with van der Waals surface area (Å²) in [5.74, 6) is -2.44. The van der Waals surface area contributed by atoms with Crippen LogP contribution in [0.3, 0.4) is 0 Å². The van der Waals surface area contributed by atoms with Crippen LogP contribution in [0.25, 0.3) is 0 Å². The van der Waals surface area contributed by atoms with E-state index in [0.717, 1.165) is 31.3 Å². The number of ether oxygens (including phenoxy) is 1. The molecule has 0 bridgehead atoms. The van der Waals surface area contributed by atoms with E-state index in [9.17, 15) is 27.2 Å². The Kier molecular flexibility index (Phi) is 8.32. The van der Waals surface area contributed by atoms with E-state index < -0.39 is 46.9 Å². The third-order valence-corrected chi connectivity index (χ3v) is 5.30. The van der Waals surface area contributed by atoms with Crippen LogP contribution in [-0.4, -0.2) is 56.9 Å². The Labute approximate surface area is 156 Å². The maximum atomic E-state index is 12.9. The summed E-state index contributed by atoms with van der Waals surface area (Å²) in [6.45, 7) is 2.20. The van der Waals surface area contributed by atoms with Crippen LogP contribution in [0.2, 0.25) is 0 Å². The third-order valence-electron chi connectivity index (χ3n) is 3.48. The molecule has 0 aliphatic carbocycles. The highest BCUT2D eigenvalue weighted by Crippen LogP contribution is 2.14. The lowest BCUT2D eigenvalue weighted by atomic mass is 10.3. The van der Waals surface area contributed by atoms with E-state index in [1.165, 1.54) is 0 Å². The van der Waals surface area contributed by atoms with Gasteiger partial charge in [-0.05, 0) is 37.6 Å². The molecule has 1 atom stereocenters. The molecule has 0 heterocycles. The summed E-state index contributed by atoms with van der Waals surface area (Å²) in [6, 6.07) is 3.24. The topological polar surface area (TPSA) is 122 Å². The van der Waals surface area contributed by atoms with Gasteiger partial charge < -0.3 is 10.1 Å². The van der Waals surface area contributed by atoms with Crippen molar-refractivity contribution in [3.05, 3.63) is 30.1 Å². The number of carbonyl (C=O) groups is 3. The van der Waals surface area contributed by atoms with Gasteiger partial charge in [0.1, 0.15) is 12.4 Å².